The first-order chi connectivity index (χ1) is 12.7. The van der Waals surface area contributed by atoms with E-state index in [9.17, 15) is 5.11 Å². The van der Waals surface area contributed by atoms with Crippen LogP contribution in [0.2, 0.25) is 0 Å². The van der Waals surface area contributed by atoms with Gasteiger partial charge in [0.05, 0.1) is 6.10 Å². The first-order valence-electron chi connectivity index (χ1n) is 8.96. The number of nitrogens with zero attached hydrogens (tertiary/aromatic N) is 1. The van der Waals surface area contributed by atoms with Crippen LogP contribution in [0.4, 0.5) is 0 Å². The topological polar surface area (TPSA) is 51.6 Å². The van der Waals surface area contributed by atoms with Crippen LogP contribution in [0.15, 0.2) is 60.9 Å². The Balaban J connectivity index is 1.53. The van der Waals surface area contributed by atoms with Gasteiger partial charge in [-0.2, -0.15) is 0 Å². The van der Waals surface area contributed by atoms with Crippen LogP contribution in [0.25, 0.3) is 10.8 Å². The Labute approximate surface area is 154 Å². The number of hydrogen-bond donors (Lipinski definition) is 1. The first kappa shape index (κ1) is 18.4. The van der Waals surface area contributed by atoms with Gasteiger partial charge in [-0.05, 0) is 65.8 Å². The van der Waals surface area contributed by atoms with Crippen molar-refractivity contribution >= 4 is 10.8 Å². The van der Waals surface area contributed by atoms with Crippen molar-refractivity contribution in [2.75, 3.05) is 13.9 Å². The smallest absolute Gasteiger partial charge is 0.188 e. The Kier molecular flexibility index (Phi) is 6.58. The Bertz CT molecular complexity index is 820. The normalized spacial score (nSPS) is 12.2. The first-order valence-corrected chi connectivity index (χ1v) is 8.96. The molecule has 0 fully saturated rings. The molecule has 26 heavy (non-hydrogen) atoms. The average Bonchev–Trinajstić information content (AvgIpc) is 2.69. The van der Waals surface area contributed by atoms with Crippen molar-refractivity contribution in [1.29, 1.82) is 0 Å². The molecule has 0 saturated heterocycles. The van der Waals surface area contributed by atoms with Crippen molar-refractivity contribution in [3.63, 3.8) is 0 Å². The number of hydrogen-bond acceptors (Lipinski definition) is 4. The molecule has 0 bridgehead atoms. The summed E-state index contributed by atoms with van der Waals surface area (Å²) < 4.78 is 10.4. The highest BCUT2D eigenvalue weighted by atomic mass is 16.7. The van der Waals surface area contributed by atoms with E-state index in [1.54, 1.807) is 13.3 Å². The maximum absolute atomic E-state index is 10.3. The van der Waals surface area contributed by atoms with Crippen molar-refractivity contribution in [3.05, 3.63) is 72.1 Å². The van der Waals surface area contributed by atoms with Gasteiger partial charge in [0.15, 0.2) is 6.79 Å². The highest BCUT2D eigenvalue weighted by molar-refractivity contribution is 5.84. The molecule has 1 N–H and O–H groups in total. The van der Waals surface area contributed by atoms with E-state index in [2.05, 4.69) is 29.2 Å². The van der Waals surface area contributed by atoms with Crippen molar-refractivity contribution in [2.45, 2.75) is 31.8 Å². The molecule has 0 radical (unpaired) electrons. The molecule has 0 aliphatic carbocycles. The predicted octanol–water partition coefficient (Wildman–Crippen LogP) is 4.14. The molecule has 2 aromatic carbocycles. The molecule has 1 unspecified atom stereocenters. The van der Waals surface area contributed by atoms with E-state index in [0.29, 0.717) is 0 Å². The highest BCUT2D eigenvalue weighted by Crippen LogP contribution is 2.23. The molecule has 0 spiro atoms. The molecule has 0 saturated carbocycles. The van der Waals surface area contributed by atoms with Gasteiger partial charge < -0.3 is 14.6 Å². The number of methoxy groups -OCH3 is 1. The highest BCUT2D eigenvalue weighted by Gasteiger charge is 2.06. The maximum Gasteiger partial charge on any atom is 0.188 e. The van der Waals surface area contributed by atoms with Gasteiger partial charge in [0, 0.05) is 19.5 Å². The number of pyridine rings is 1. The third-order valence-electron chi connectivity index (χ3n) is 4.47. The molecular weight excluding hydrogens is 326 g/mol. The lowest BCUT2D eigenvalue weighted by atomic mass is 9.99. The lowest BCUT2D eigenvalue weighted by Gasteiger charge is -2.11. The zero-order valence-corrected chi connectivity index (χ0v) is 15.1. The number of aliphatic hydroxyl groups excluding tert-OH is 1. The number of rotatable bonds is 9. The molecule has 0 aliphatic heterocycles. The van der Waals surface area contributed by atoms with Crippen LogP contribution in [0.5, 0.6) is 5.75 Å². The van der Waals surface area contributed by atoms with E-state index < -0.39 is 0 Å². The molecule has 1 atom stereocenters. The summed E-state index contributed by atoms with van der Waals surface area (Å²) in [5.74, 6) is 0.804. The van der Waals surface area contributed by atoms with Gasteiger partial charge in [-0.25, -0.2) is 0 Å². The van der Waals surface area contributed by atoms with Crippen molar-refractivity contribution in [1.82, 2.24) is 4.98 Å². The maximum atomic E-state index is 10.3. The minimum atomic E-state index is -0.296. The largest absolute Gasteiger partial charge is 0.468 e. The van der Waals surface area contributed by atoms with Crippen molar-refractivity contribution in [2.24, 2.45) is 0 Å². The van der Waals surface area contributed by atoms with Gasteiger partial charge in [0.1, 0.15) is 5.75 Å². The SMILES string of the molecule is COCOc1ccc2cc(CCC(O)CCc3cccnc3)ccc2c1. The Morgan fingerprint density at radius 2 is 1.73 bits per heavy atom. The summed E-state index contributed by atoms with van der Waals surface area (Å²) >= 11 is 0. The van der Waals surface area contributed by atoms with Gasteiger partial charge in [-0.15, -0.1) is 0 Å². The Morgan fingerprint density at radius 3 is 2.50 bits per heavy atom. The second kappa shape index (κ2) is 9.32. The number of aliphatic hydroxyl groups is 1. The Hall–Kier alpha value is -2.43. The number of aryl methyl sites for hydroxylation is 2. The zero-order chi connectivity index (χ0) is 18.2. The summed E-state index contributed by atoms with van der Waals surface area (Å²) in [5.41, 5.74) is 2.41. The summed E-state index contributed by atoms with van der Waals surface area (Å²) in [6, 6.07) is 16.4. The number of benzene rings is 2. The molecule has 136 valence electrons. The summed E-state index contributed by atoms with van der Waals surface area (Å²) in [5, 5.41) is 12.6. The second-order valence-electron chi connectivity index (χ2n) is 6.49. The van der Waals surface area contributed by atoms with Gasteiger partial charge in [0.25, 0.3) is 0 Å². The number of ether oxygens (including phenoxy) is 2. The van der Waals surface area contributed by atoms with Gasteiger partial charge in [0.2, 0.25) is 0 Å². The van der Waals surface area contributed by atoms with Crippen LogP contribution in [-0.4, -0.2) is 30.1 Å². The summed E-state index contributed by atoms with van der Waals surface area (Å²) in [6.07, 6.45) is 6.59. The average molecular weight is 351 g/mol. The van der Waals surface area contributed by atoms with Crippen molar-refractivity contribution < 1.29 is 14.6 Å². The Morgan fingerprint density at radius 1 is 0.962 bits per heavy atom. The fourth-order valence-corrected chi connectivity index (χ4v) is 3.00. The lowest BCUT2D eigenvalue weighted by molar-refractivity contribution is 0.0512. The molecule has 1 heterocycles. The van der Waals surface area contributed by atoms with Gasteiger partial charge in [-0.3, -0.25) is 4.98 Å². The third-order valence-corrected chi connectivity index (χ3v) is 4.47. The minimum absolute atomic E-state index is 0.251. The monoisotopic (exact) mass is 351 g/mol. The van der Waals surface area contributed by atoms with E-state index in [4.69, 9.17) is 9.47 Å². The van der Waals surface area contributed by atoms with E-state index in [1.807, 2.05) is 30.5 Å². The van der Waals surface area contributed by atoms with Crippen LogP contribution in [0.1, 0.15) is 24.0 Å². The van der Waals surface area contributed by atoms with Crippen LogP contribution in [0, 0.1) is 0 Å². The van der Waals surface area contributed by atoms with E-state index in [0.717, 1.165) is 36.8 Å². The third kappa shape index (κ3) is 5.28. The number of aromatic nitrogens is 1. The molecule has 0 amide bonds. The quantitative estimate of drug-likeness (QED) is 0.589. The number of fused-ring (bicyclic) bond motifs is 1. The predicted molar refractivity (Wildman–Crippen MR) is 103 cm³/mol. The zero-order valence-electron chi connectivity index (χ0n) is 15.1. The fourth-order valence-electron chi connectivity index (χ4n) is 3.00. The van der Waals surface area contributed by atoms with E-state index in [-0.39, 0.29) is 12.9 Å². The fraction of sp³-hybridized carbons (Fsp3) is 0.318. The van der Waals surface area contributed by atoms with Crippen molar-refractivity contribution in [3.8, 4) is 5.75 Å². The molecule has 1 aromatic heterocycles. The molecular formula is C22H25NO3. The minimum Gasteiger partial charge on any atom is -0.468 e. The molecule has 3 rings (SSSR count). The summed E-state index contributed by atoms with van der Waals surface area (Å²) in [4.78, 5) is 4.11. The molecule has 4 nitrogen and oxygen atoms in total. The lowest BCUT2D eigenvalue weighted by Crippen LogP contribution is -2.09. The van der Waals surface area contributed by atoms with E-state index in [1.165, 1.54) is 16.5 Å². The van der Waals surface area contributed by atoms with Crippen LogP contribution < -0.4 is 4.74 Å². The molecule has 3 aromatic rings. The van der Waals surface area contributed by atoms with Gasteiger partial charge >= 0.3 is 0 Å². The van der Waals surface area contributed by atoms with Crippen LogP contribution >= 0.6 is 0 Å². The molecule has 0 aliphatic rings. The van der Waals surface area contributed by atoms with Crippen LogP contribution in [0.3, 0.4) is 0 Å². The van der Waals surface area contributed by atoms with Crippen LogP contribution in [-0.2, 0) is 17.6 Å². The summed E-state index contributed by atoms with van der Waals surface area (Å²) in [6.45, 7) is 0.251. The molecule has 4 heteroatoms. The van der Waals surface area contributed by atoms with Gasteiger partial charge in [-0.1, -0.05) is 30.3 Å². The summed E-state index contributed by atoms with van der Waals surface area (Å²) in [7, 11) is 1.61. The standard InChI is InChI=1S/C22H25NO3/c1-25-16-26-22-11-8-19-13-17(4-7-20(19)14-22)5-9-21(24)10-6-18-3-2-12-23-15-18/h2-4,7-8,11-15,21,24H,5-6,9-10,16H2,1H3. The van der Waals surface area contributed by atoms with E-state index >= 15 is 0 Å². The second-order valence-corrected chi connectivity index (χ2v) is 6.49.